The van der Waals surface area contributed by atoms with Crippen LogP contribution in [0.4, 0.5) is 0 Å². The maximum atomic E-state index is 12.5. The van der Waals surface area contributed by atoms with Crippen LogP contribution in [0.25, 0.3) is 10.6 Å². The Kier molecular flexibility index (Phi) is 5.12. The van der Waals surface area contributed by atoms with E-state index in [1.807, 2.05) is 46.8 Å². The van der Waals surface area contributed by atoms with Gasteiger partial charge < -0.3 is 5.32 Å². The Bertz CT molecular complexity index is 892. The Labute approximate surface area is 163 Å². The molecule has 0 saturated carbocycles. The molecule has 1 aromatic carbocycles. The average Bonchev–Trinajstić information content (AvgIpc) is 3.26. The molecule has 128 valence electrons. The van der Waals surface area contributed by atoms with Crippen molar-refractivity contribution < 1.29 is 4.79 Å². The summed E-state index contributed by atoms with van der Waals surface area (Å²) in [5, 5.41) is 10.9. The molecule has 0 bridgehead atoms. The predicted octanol–water partition coefficient (Wildman–Crippen LogP) is 5.42. The van der Waals surface area contributed by atoms with Gasteiger partial charge in [0.15, 0.2) is 0 Å². The van der Waals surface area contributed by atoms with Gasteiger partial charge in [-0.25, -0.2) is 4.98 Å². The minimum Gasteiger partial charge on any atom is -0.349 e. The van der Waals surface area contributed by atoms with Gasteiger partial charge >= 0.3 is 0 Å². The third-order valence-corrected chi connectivity index (χ3v) is 6.99. The Morgan fingerprint density at radius 3 is 3.08 bits per heavy atom. The van der Waals surface area contributed by atoms with Crippen molar-refractivity contribution in [1.29, 1.82) is 0 Å². The fourth-order valence-corrected chi connectivity index (χ4v) is 5.65. The van der Waals surface area contributed by atoms with Crippen LogP contribution in [0.1, 0.15) is 23.7 Å². The Balaban J connectivity index is 1.44. The number of fused-ring (bicyclic) bond motifs is 1. The second-order valence-corrected chi connectivity index (χ2v) is 8.98. The van der Waals surface area contributed by atoms with Crippen molar-refractivity contribution in [2.45, 2.75) is 23.8 Å². The largest absolute Gasteiger partial charge is 0.349 e. The number of benzene rings is 1. The molecule has 1 aliphatic heterocycles. The van der Waals surface area contributed by atoms with Crippen LogP contribution in [0.5, 0.6) is 0 Å². The molecule has 1 amide bonds. The molecule has 0 saturated heterocycles. The molecule has 25 heavy (non-hydrogen) atoms. The first kappa shape index (κ1) is 17.1. The number of nitrogens with one attached hydrogen (secondary N) is 1. The van der Waals surface area contributed by atoms with Crippen LogP contribution in [-0.2, 0) is 11.2 Å². The molecule has 0 radical (unpaired) electrons. The molecule has 0 aliphatic carbocycles. The molecule has 3 nitrogen and oxygen atoms in total. The van der Waals surface area contributed by atoms with Gasteiger partial charge in [0, 0.05) is 32.0 Å². The van der Waals surface area contributed by atoms with Gasteiger partial charge in [-0.15, -0.1) is 23.1 Å². The lowest BCUT2D eigenvalue weighted by atomic mass is 10.0. The molecule has 1 aliphatic rings. The number of thiazole rings is 1. The standard InChI is InChI=1S/C18H15ClN2OS3/c19-12-1-2-16-14(7-12)15(4-6-24-16)21-17(22)8-13-10-25-18(20-13)11-3-5-23-9-11/h1-3,5,7,9-10,15H,4,6,8H2,(H,21,22)/t15-/m1/s1. The number of carbonyl (C=O) groups is 1. The predicted molar refractivity (Wildman–Crippen MR) is 107 cm³/mol. The van der Waals surface area contributed by atoms with E-state index in [-0.39, 0.29) is 11.9 Å². The number of rotatable bonds is 4. The van der Waals surface area contributed by atoms with Crippen molar-refractivity contribution in [2.24, 2.45) is 0 Å². The third kappa shape index (κ3) is 3.92. The fourth-order valence-electron chi connectivity index (χ4n) is 2.83. The maximum absolute atomic E-state index is 12.5. The second-order valence-electron chi connectivity index (χ2n) is 5.77. The lowest BCUT2D eigenvalue weighted by molar-refractivity contribution is -0.121. The summed E-state index contributed by atoms with van der Waals surface area (Å²) in [6.07, 6.45) is 1.22. The minimum atomic E-state index is 0.00462. The van der Waals surface area contributed by atoms with Crippen molar-refractivity contribution in [3.8, 4) is 10.6 Å². The zero-order valence-corrected chi connectivity index (χ0v) is 16.4. The van der Waals surface area contributed by atoms with Crippen molar-refractivity contribution >= 4 is 51.9 Å². The lowest BCUT2D eigenvalue weighted by Gasteiger charge is -2.26. The topological polar surface area (TPSA) is 42.0 Å². The lowest BCUT2D eigenvalue weighted by Crippen LogP contribution is -2.31. The van der Waals surface area contributed by atoms with Gasteiger partial charge in [0.1, 0.15) is 5.01 Å². The van der Waals surface area contributed by atoms with E-state index in [1.165, 1.54) is 4.90 Å². The van der Waals surface area contributed by atoms with Crippen molar-refractivity contribution in [1.82, 2.24) is 10.3 Å². The molecule has 0 spiro atoms. The molecule has 1 N–H and O–H groups in total. The van der Waals surface area contributed by atoms with Gasteiger partial charge in [-0.05, 0) is 41.6 Å². The molecule has 4 rings (SSSR count). The second kappa shape index (κ2) is 7.50. The molecular formula is C18H15ClN2OS3. The first-order valence-corrected chi connectivity index (χ1v) is 11.1. The first-order chi connectivity index (χ1) is 12.2. The number of thiophene rings is 1. The number of carbonyl (C=O) groups excluding carboxylic acids is 1. The van der Waals surface area contributed by atoms with Gasteiger partial charge in [0.2, 0.25) is 5.91 Å². The van der Waals surface area contributed by atoms with E-state index in [4.69, 9.17) is 11.6 Å². The van der Waals surface area contributed by atoms with Crippen LogP contribution in [0.2, 0.25) is 5.02 Å². The van der Waals surface area contributed by atoms with Crippen molar-refractivity contribution in [2.75, 3.05) is 5.75 Å². The number of hydrogen-bond acceptors (Lipinski definition) is 5. The smallest absolute Gasteiger partial charge is 0.226 e. The van der Waals surface area contributed by atoms with E-state index in [1.54, 1.807) is 22.7 Å². The summed E-state index contributed by atoms with van der Waals surface area (Å²) in [4.78, 5) is 18.3. The molecule has 0 unspecified atom stereocenters. The quantitative estimate of drug-likeness (QED) is 0.628. The summed E-state index contributed by atoms with van der Waals surface area (Å²) in [7, 11) is 0. The number of thioether (sulfide) groups is 1. The van der Waals surface area contributed by atoms with Gasteiger partial charge in [-0.3, -0.25) is 4.79 Å². The molecule has 2 aromatic heterocycles. The van der Waals surface area contributed by atoms with Crippen LogP contribution >= 0.6 is 46.0 Å². The molecular weight excluding hydrogens is 392 g/mol. The minimum absolute atomic E-state index is 0.00462. The van der Waals surface area contributed by atoms with Gasteiger partial charge in [0.25, 0.3) is 0 Å². The first-order valence-electron chi connectivity index (χ1n) is 7.87. The highest BCUT2D eigenvalue weighted by Crippen LogP contribution is 2.37. The van der Waals surface area contributed by atoms with E-state index >= 15 is 0 Å². The van der Waals surface area contributed by atoms with Crippen LogP contribution in [-0.4, -0.2) is 16.6 Å². The highest BCUT2D eigenvalue weighted by molar-refractivity contribution is 7.99. The SMILES string of the molecule is O=C(Cc1csc(-c2ccsc2)n1)N[C@@H]1CCSc2ccc(Cl)cc21. The summed E-state index contributed by atoms with van der Waals surface area (Å²) in [6.45, 7) is 0. The number of hydrogen-bond donors (Lipinski definition) is 1. The van der Waals surface area contributed by atoms with E-state index in [0.717, 1.165) is 34.0 Å². The Hall–Kier alpha value is -1.34. The average molecular weight is 407 g/mol. The van der Waals surface area contributed by atoms with Crippen LogP contribution in [0.3, 0.4) is 0 Å². The van der Waals surface area contributed by atoms with Crippen LogP contribution in [0, 0.1) is 0 Å². The Morgan fingerprint density at radius 1 is 1.32 bits per heavy atom. The zero-order valence-electron chi connectivity index (χ0n) is 13.2. The number of halogens is 1. The number of amides is 1. The summed E-state index contributed by atoms with van der Waals surface area (Å²) in [5.74, 6) is 1.00. The van der Waals surface area contributed by atoms with Gasteiger partial charge in [-0.1, -0.05) is 11.6 Å². The molecule has 7 heteroatoms. The summed E-state index contributed by atoms with van der Waals surface area (Å²) in [5.41, 5.74) is 3.06. The monoisotopic (exact) mass is 406 g/mol. The normalized spacial score (nSPS) is 16.4. The van der Waals surface area contributed by atoms with Crippen LogP contribution in [0.15, 0.2) is 45.3 Å². The van der Waals surface area contributed by atoms with Gasteiger partial charge in [-0.2, -0.15) is 11.3 Å². The van der Waals surface area contributed by atoms with E-state index in [0.29, 0.717) is 11.4 Å². The van der Waals surface area contributed by atoms with Crippen molar-refractivity contribution in [3.05, 3.63) is 56.7 Å². The Morgan fingerprint density at radius 2 is 2.24 bits per heavy atom. The highest BCUT2D eigenvalue weighted by Gasteiger charge is 2.23. The molecule has 3 aromatic rings. The highest BCUT2D eigenvalue weighted by atomic mass is 35.5. The molecule has 0 fully saturated rings. The zero-order chi connectivity index (χ0) is 17.2. The van der Waals surface area contributed by atoms with Gasteiger partial charge in [0.05, 0.1) is 18.2 Å². The van der Waals surface area contributed by atoms with E-state index in [2.05, 4.69) is 15.7 Å². The number of aromatic nitrogens is 1. The third-order valence-electron chi connectivity index (χ3n) is 4.01. The van der Waals surface area contributed by atoms with Crippen LogP contribution < -0.4 is 5.32 Å². The van der Waals surface area contributed by atoms with E-state index < -0.39 is 0 Å². The summed E-state index contributed by atoms with van der Waals surface area (Å²) < 4.78 is 0. The van der Waals surface area contributed by atoms with E-state index in [9.17, 15) is 4.79 Å². The summed E-state index contributed by atoms with van der Waals surface area (Å²) >= 11 is 11.2. The van der Waals surface area contributed by atoms with Crippen molar-refractivity contribution in [3.63, 3.8) is 0 Å². The fraction of sp³-hybridized carbons (Fsp3) is 0.222. The summed E-state index contributed by atoms with van der Waals surface area (Å²) in [6, 6.07) is 7.98. The maximum Gasteiger partial charge on any atom is 0.226 e. The molecule has 3 heterocycles. The number of nitrogens with zero attached hydrogens (tertiary/aromatic N) is 1. The molecule has 1 atom stereocenters.